The highest BCUT2D eigenvalue weighted by Gasteiger charge is 2.20. The predicted octanol–water partition coefficient (Wildman–Crippen LogP) is 1.35. The van der Waals surface area contributed by atoms with Crippen LogP contribution in [0.2, 0.25) is 0 Å². The van der Waals surface area contributed by atoms with E-state index in [2.05, 4.69) is 30.2 Å². The van der Waals surface area contributed by atoms with E-state index in [-0.39, 0.29) is 0 Å². The SMILES string of the molecule is c1cc(NC2CCN(c3cnccn3)CC2)ncn1. The lowest BCUT2D eigenvalue weighted by Crippen LogP contribution is -2.39. The number of aromatic nitrogens is 4. The standard InChI is InChI=1S/C13H16N6/c1-4-15-10-17-12(1)18-11-2-7-19(8-3-11)13-9-14-5-6-16-13/h1,4-6,9-11H,2-3,7-8H2,(H,15,17,18). The van der Waals surface area contributed by atoms with Crippen molar-refractivity contribution in [2.24, 2.45) is 0 Å². The van der Waals surface area contributed by atoms with Crippen molar-refractivity contribution in [2.45, 2.75) is 18.9 Å². The summed E-state index contributed by atoms with van der Waals surface area (Å²) in [5, 5.41) is 3.44. The van der Waals surface area contributed by atoms with E-state index in [1.807, 2.05) is 12.3 Å². The highest BCUT2D eigenvalue weighted by Crippen LogP contribution is 2.18. The van der Waals surface area contributed by atoms with Gasteiger partial charge in [-0.15, -0.1) is 0 Å². The molecule has 6 nitrogen and oxygen atoms in total. The molecule has 0 unspecified atom stereocenters. The number of piperidine rings is 1. The Morgan fingerprint density at radius 3 is 2.63 bits per heavy atom. The van der Waals surface area contributed by atoms with E-state index in [1.54, 1.807) is 24.9 Å². The molecule has 6 heteroatoms. The molecule has 0 aliphatic carbocycles. The van der Waals surface area contributed by atoms with E-state index in [0.29, 0.717) is 6.04 Å². The largest absolute Gasteiger partial charge is 0.367 e. The minimum atomic E-state index is 0.461. The third-order valence-corrected chi connectivity index (χ3v) is 3.30. The molecule has 1 saturated heterocycles. The van der Waals surface area contributed by atoms with Crippen LogP contribution in [0.5, 0.6) is 0 Å². The van der Waals surface area contributed by atoms with E-state index in [4.69, 9.17) is 0 Å². The van der Waals surface area contributed by atoms with Crippen LogP contribution in [0, 0.1) is 0 Å². The zero-order chi connectivity index (χ0) is 12.9. The number of rotatable bonds is 3. The highest BCUT2D eigenvalue weighted by molar-refractivity contribution is 5.38. The lowest BCUT2D eigenvalue weighted by Gasteiger charge is -2.33. The van der Waals surface area contributed by atoms with Gasteiger partial charge in [-0.3, -0.25) is 4.98 Å². The van der Waals surface area contributed by atoms with Crippen LogP contribution in [0.15, 0.2) is 37.2 Å². The second-order valence-corrected chi connectivity index (χ2v) is 4.56. The Balaban J connectivity index is 1.55. The van der Waals surface area contributed by atoms with Crippen molar-refractivity contribution in [3.8, 4) is 0 Å². The summed E-state index contributed by atoms with van der Waals surface area (Å²) >= 11 is 0. The highest BCUT2D eigenvalue weighted by atomic mass is 15.2. The first-order valence-corrected chi connectivity index (χ1v) is 6.45. The maximum absolute atomic E-state index is 4.33. The summed E-state index contributed by atoms with van der Waals surface area (Å²) in [4.78, 5) is 18.8. The molecule has 3 heterocycles. The Hall–Kier alpha value is -2.24. The van der Waals surface area contributed by atoms with Crippen molar-refractivity contribution >= 4 is 11.6 Å². The van der Waals surface area contributed by atoms with E-state index in [9.17, 15) is 0 Å². The van der Waals surface area contributed by atoms with Crippen molar-refractivity contribution in [3.63, 3.8) is 0 Å². The molecule has 1 fully saturated rings. The molecule has 2 aromatic rings. The molecule has 3 rings (SSSR count). The molecule has 0 saturated carbocycles. The molecule has 0 aromatic carbocycles. The molecule has 1 aliphatic heterocycles. The predicted molar refractivity (Wildman–Crippen MR) is 72.9 cm³/mol. The number of hydrogen-bond donors (Lipinski definition) is 1. The fourth-order valence-electron chi connectivity index (χ4n) is 2.29. The molecular formula is C13H16N6. The van der Waals surface area contributed by atoms with E-state index in [0.717, 1.165) is 37.6 Å². The molecule has 0 spiro atoms. The summed E-state index contributed by atoms with van der Waals surface area (Å²) in [5.41, 5.74) is 0. The maximum Gasteiger partial charge on any atom is 0.147 e. The molecule has 0 amide bonds. The van der Waals surface area contributed by atoms with Gasteiger partial charge in [0.15, 0.2) is 0 Å². The van der Waals surface area contributed by atoms with Crippen LogP contribution in [0.3, 0.4) is 0 Å². The number of hydrogen-bond acceptors (Lipinski definition) is 6. The van der Waals surface area contributed by atoms with E-state index >= 15 is 0 Å². The van der Waals surface area contributed by atoms with Crippen molar-refractivity contribution in [2.75, 3.05) is 23.3 Å². The number of anilines is 2. The Bertz CT molecular complexity index is 495. The van der Waals surface area contributed by atoms with Crippen LogP contribution in [-0.2, 0) is 0 Å². The van der Waals surface area contributed by atoms with Crippen molar-refractivity contribution < 1.29 is 0 Å². The Morgan fingerprint density at radius 2 is 1.95 bits per heavy atom. The van der Waals surface area contributed by atoms with Crippen LogP contribution in [0.1, 0.15) is 12.8 Å². The lowest BCUT2D eigenvalue weighted by atomic mass is 10.1. The summed E-state index contributed by atoms with van der Waals surface area (Å²) in [6.45, 7) is 1.98. The van der Waals surface area contributed by atoms with E-state index < -0.39 is 0 Å². The van der Waals surface area contributed by atoms with Crippen LogP contribution in [0.25, 0.3) is 0 Å². The van der Waals surface area contributed by atoms with Gasteiger partial charge in [-0.1, -0.05) is 0 Å². The molecule has 0 bridgehead atoms. The third kappa shape index (κ3) is 2.96. The van der Waals surface area contributed by atoms with Gasteiger partial charge in [0, 0.05) is 37.7 Å². The zero-order valence-electron chi connectivity index (χ0n) is 10.6. The minimum Gasteiger partial charge on any atom is -0.367 e. The summed E-state index contributed by atoms with van der Waals surface area (Å²) in [5.74, 6) is 1.86. The smallest absolute Gasteiger partial charge is 0.147 e. The first-order valence-electron chi connectivity index (χ1n) is 6.45. The van der Waals surface area contributed by atoms with Crippen LogP contribution >= 0.6 is 0 Å². The van der Waals surface area contributed by atoms with Gasteiger partial charge in [0.2, 0.25) is 0 Å². The van der Waals surface area contributed by atoms with Crippen molar-refractivity contribution in [1.29, 1.82) is 0 Å². The Labute approximate surface area is 111 Å². The molecule has 98 valence electrons. The fraction of sp³-hybridized carbons (Fsp3) is 0.385. The molecule has 1 N–H and O–H groups in total. The summed E-state index contributed by atoms with van der Waals surface area (Å²) in [6.07, 6.45) is 10.7. The monoisotopic (exact) mass is 256 g/mol. The Morgan fingerprint density at radius 1 is 1.05 bits per heavy atom. The summed E-state index contributed by atoms with van der Waals surface area (Å²) < 4.78 is 0. The van der Waals surface area contributed by atoms with Crippen molar-refractivity contribution in [1.82, 2.24) is 19.9 Å². The summed E-state index contributed by atoms with van der Waals surface area (Å²) in [7, 11) is 0. The lowest BCUT2D eigenvalue weighted by molar-refractivity contribution is 0.522. The van der Waals surface area contributed by atoms with E-state index in [1.165, 1.54) is 0 Å². The normalized spacial score (nSPS) is 16.3. The molecule has 19 heavy (non-hydrogen) atoms. The van der Waals surface area contributed by atoms with Crippen LogP contribution in [-0.4, -0.2) is 39.1 Å². The van der Waals surface area contributed by atoms with Gasteiger partial charge in [0.1, 0.15) is 18.0 Å². The van der Waals surface area contributed by atoms with Gasteiger partial charge in [0.25, 0.3) is 0 Å². The molecular weight excluding hydrogens is 240 g/mol. The van der Waals surface area contributed by atoms with Gasteiger partial charge >= 0.3 is 0 Å². The zero-order valence-corrected chi connectivity index (χ0v) is 10.6. The third-order valence-electron chi connectivity index (χ3n) is 3.30. The number of nitrogens with zero attached hydrogens (tertiary/aromatic N) is 5. The molecule has 0 radical (unpaired) electrons. The quantitative estimate of drug-likeness (QED) is 0.894. The maximum atomic E-state index is 4.33. The van der Waals surface area contributed by atoms with Crippen LogP contribution < -0.4 is 10.2 Å². The number of nitrogens with one attached hydrogen (secondary N) is 1. The van der Waals surface area contributed by atoms with Gasteiger partial charge in [0.05, 0.1) is 6.20 Å². The minimum absolute atomic E-state index is 0.461. The average Bonchev–Trinajstić information content (AvgIpc) is 2.50. The average molecular weight is 256 g/mol. The van der Waals surface area contributed by atoms with Gasteiger partial charge in [-0.2, -0.15) is 0 Å². The molecule has 0 atom stereocenters. The van der Waals surface area contributed by atoms with Gasteiger partial charge in [-0.25, -0.2) is 15.0 Å². The Kier molecular flexibility index (Phi) is 3.49. The topological polar surface area (TPSA) is 66.8 Å². The first kappa shape index (κ1) is 11.8. The second kappa shape index (κ2) is 5.60. The first-order chi connectivity index (χ1) is 9.42. The molecule has 1 aliphatic rings. The van der Waals surface area contributed by atoms with Crippen LogP contribution in [0.4, 0.5) is 11.6 Å². The van der Waals surface area contributed by atoms with Gasteiger partial charge < -0.3 is 10.2 Å². The fourth-order valence-corrected chi connectivity index (χ4v) is 2.29. The summed E-state index contributed by atoms with van der Waals surface area (Å²) in [6, 6.07) is 2.36. The second-order valence-electron chi connectivity index (χ2n) is 4.56. The molecule has 2 aromatic heterocycles. The van der Waals surface area contributed by atoms with Crippen molar-refractivity contribution in [3.05, 3.63) is 37.2 Å². The van der Waals surface area contributed by atoms with Gasteiger partial charge in [-0.05, 0) is 18.9 Å².